The molecule has 102 valence electrons. The van der Waals surface area contributed by atoms with Crippen molar-refractivity contribution >= 4 is 34.4 Å². The van der Waals surface area contributed by atoms with E-state index in [1.165, 1.54) is 6.07 Å². The zero-order valence-electron chi connectivity index (χ0n) is 10.3. The number of hydrogen-bond donors (Lipinski definition) is 0. The second-order valence-corrected chi connectivity index (χ2v) is 4.75. The van der Waals surface area contributed by atoms with Crippen molar-refractivity contribution in [2.45, 2.75) is 12.5 Å². The maximum Gasteiger partial charge on any atom is 0.347 e. The van der Waals surface area contributed by atoms with Gasteiger partial charge in [-0.2, -0.15) is 0 Å². The third-order valence-corrected chi connectivity index (χ3v) is 3.24. The summed E-state index contributed by atoms with van der Waals surface area (Å²) in [7, 11) is 0. The van der Waals surface area contributed by atoms with Crippen LogP contribution in [0.4, 0.5) is 0 Å². The molecule has 3 rings (SSSR count). The zero-order valence-corrected chi connectivity index (χ0v) is 11.1. The minimum Gasteiger partial charge on any atom is -0.463 e. The molecule has 6 heteroatoms. The normalized spacial score (nSPS) is 18.1. The van der Waals surface area contributed by atoms with Crippen LogP contribution in [0.15, 0.2) is 30.3 Å². The molecule has 0 N–H and O–H groups in total. The molecule has 0 aliphatic carbocycles. The molecule has 1 fully saturated rings. The van der Waals surface area contributed by atoms with Gasteiger partial charge in [0.05, 0.1) is 17.7 Å². The van der Waals surface area contributed by atoms with Gasteiger partial charge >= 0.3 is 11.9 Å². The fourth-order valence-corrected chi connectivity index (χ4v) is 2.29. The Morgan fingerprint density at radius 2 is 2.20 bits per heavy atom. The number of ether oxygens (including phenoxy) is 2. The predicted octanol–water partition coefficient (Wildman–Crippen LogP) is 2.36. The predicted molar refractivity (Wildman–Crippen MR) is 71.5 cm³/mol. The Morgan fingerprint density at radius 3 is 2.95 bits per heavy atom. The quantitative estimate of drug-likeness (QED) is 0.628. The summed E-state index contributed by atoms with van der Waals surface area (Å²) < 4.78 is 9.93. The molecule has 1 saturated heterocycles. The molecule has 0 spiro atoms. The molecule has 5 nitrogen and oxygen atoms in total. The molecule has 1 aliphatic rings. The number of esters is 2. The molecule has 0 unspecified atom stereocenters. The Balaban J connectivity index is 1.96. The van der Waals surface area contributed by atoms with Crippen LogP contribution in [-0.4, -0.2) is 29.6 Å². The number of para-hydroxylation sites is 1. The fourth-order valence-electron chi connectivity index (χ4n) is 2.09. The summed E-state index contributed by atoms with van der Waals surface area (Å²) in [5.41, 5.74) is 0.890. The van der Waals surface area contributed by atoms with Gasteiger partial charge in [-0.3, -0.25) is 0 Å². The number of hydrogen-bond acceptors (Lipinski definition) is 5. The summed E-state index contributed by atoms with van der Waals surface area (Å²) in [6.07, 6.45) is -0.463. The first-order valence-electron chi connectivity index (χ1n) is 6.08. The van der Waals surface area contributed by atoms with E-state index in [1.54, 1.807) is 24.3 Å². The SMILES string of the molecule is O=C(O[C@@H]1CCOC1=O)c1cc(Cl)nc2ccccc12. The van der Waals surface area contributed by atoms with Crippen LogP contribution in [0.3, 0.4) is 0 Å². The van der Waals surface area contributed by atoms with Gasteiger partial charge in [0.2, 0.25) is 6.10 Å². The van der Waals surface area contributed by atoms with Gasteiger partial charge in [0.15, 0.2) is 0 Å². The average Bonchev–Trinajstić information content (AvgIpc) is 2.83. The van der Waals surface area contributed by atoms with E-state index in [1.807, 2.05) is 0 Å². The molecule has 0 amide bonds. The summed E-state index contributed by atoms with van der Waals surface area (Å²) >= 11 is 5.90. The molecule has 0 bridgehead atoms. The number of carbonyl (C=O) groups is 2. The summed E-state index contributed by atoms with van der Waals surface area (Å²) in [6, 6.07) is 8.53. The molecule has 0 saturated carbocycles. The maximum absolute atomic E-state index is 12.2. The minimum absolute atomic E-state index is 0.199. The molecular weight excluding hydrogens is 282 g/mol. The number of aromatic nitrogens is 1. The highest BCUT2D eigenvalue weighted by Gasteiger charge is 2.31. The molecule has 0 radical (unpaired) electrons. The van der Waals surface area contributed by atoms with Crippen molar-refractivity contribution < 1.29 is 19.1 Å². The van der Waals surface area contributed by atoms with E-state index in [0.717, 1.165) is 0 Å². The number of cyclic esters (lactones) is 1. The molecule has 20 heavy (non-hydrogen) atoms. The second-order valence-electron chi connectivity index (χ2n) is 4.36. The molecular formula is C14H10ClNO4. The van der Waals surface area contributed by atoms with Gasteiger partial charge < -0.3 is 9.47 Å². The van der Waals surface area contributed by atoms with Crippen molar-refractivity contribution in [1.29, 1.82) is 0 Å². The molecule has 1 aromatic carbocycles. The largest absolute Gasteiger partial charge is 0.463 e. The number of pyridine rings is 1. The smallest absolute Gasteiger partial charge is 0.347 e. The highest BCUT2D eigenvalue weighted by atomic mass is 35.5. The minimum atomic E-state index is -0.840. The van der Waals surface area contributed by atoms with Crippen LogP contribution >= 0.6 is 11.6 Å². The Labute approximate surface area is 119 Å². The van der Waals surface area contributed by atoms with Gasteiger partial charge in [0.1, 0.15) is 5.15 Å². The highest BCUT2D eigenvalue weighted by Crippen LogP contribution is 2.23. The summed E-state index contributed by atoms with van der Waals surface area (Å²) in [5.74, 6) is -1.11. The van der Waals surface area contributed by atoms with Crippen LogP contribution in [0, 0.1) is 0 Å². The Bertz CT molecular complexity index is 701. The number of nitrogens with zero attached hydrogens (tertiary/aromatic N) is 1. The average molecular weight is 292 g/mol. The lowest BCUT2D eigenvalue weighted by Gasteiger charge is -2.10. The number of carbonyl (C=O) groups excluding carboxylic acids is 2. The fraction of sp³-hybridized carbons (Fsp3) is 0.214. The number of rotatable bonds is 2. The maximum atomic E-state index is 12.2. The van der Waals surface area contributed by atoms with Crippen LogP contribution in [0.25, 0.3) is 10.9 Å². The summed E-state index contributed by atoms with van der Waals surface area (Å²) in [6.45, 7) is 0.272. The van der Waals surface area contributed by atoms with E-state index in [4.69, 9.17) is 21.1 Å². The molecule has 2 heterocycles. The summed E-state index contributed by atoms with van der Waals surface area (Å²) in [4.78, 5) is 27.7. The van der Waals surface area contributed by atoms with Gasteiger partial charge in [-0.1, -0.05) is 29.8 Å². The van der Waals surface area contributed by atoms with E-state index >= 15 is 0 Å². The molecule has 2 aromatic rings. The van der Waals surface area contributed by atoms with Crippen LogP contribution in [0.1, 0.15) is 16.8 Å². The lowest BCUT2D eigenvalue weighted by atomic mass is 10.1. The highest BCUT2D eigenvalue weighted by molar-refractivity contribution is 6.30. The number of fused-ring (bicyclic) bond motifs is 1. The Morgan fingerprint density at radius 1 is 1.40 bits per heavy atom. The molecule has 1 atom stereocenters. The van der Waals surface area contributed by atoms with E-state index in [2.05, 4.69) is 4.98 Å². The third kappa shape index (κ3) is 2.32. The van der Waals surface area contributed by atoms with E-state index < -0.39 is 18.0 Å². The molecule has 1 aliphatic heterocycles. The van der Waals surface area contributed by atoms with Crippen molar-refractivity contribution in [1.82, 2.24) is 4.98 Å². The molecule has 1 aromatic heterocycles. The Kier molecular flexibility index (Phi) is 3.28. The first-order chi connectivity index (χ1) is 9.65. The van der Waals surface area contributed by atoms with E-state index in [0.29, 0.717) is 22.9 Å². The van der Waals surface area contributed by atoms with Crippen molar-refractivity contribution in [2.75, 3.05) is 6.61 Å². The third-order valence-electron chi connectivity index (χ3n) is 3.04. The van der Waals surface area contributed by atoms with Crippen LogP contribution in [0.5, 0.6) is 0 Å². The van der Waals surface area contributed by atoms with Crippen molar-refractivity contribution in [2.24, 2.45) is 0 Å². The first-order valence-corrected chi connectivity index (χ1v) is 6.46. The van der Waals surface area contributed by atoms with E-state index in [9.17, 15) is 9.59 Å². The van der Waals surface area contributed by atoms with Crippen LogP contribution < -0.4 is 0 Å². The van der Waals surface area contributed by atoms with Gasteiger partial charge in [0.25, 0.3) is 0 Å². The number of benzene rings is 1. The topological polar surface area (TPSA) is 65.5 Å². The van der Waals surface area contributed by atoms with Gasteiger partial charge in [-0.15, -0.1) is 0 Å². The second kappa shape index (κ2) is 5.09. The van der Waals surface area contributed by atoms with Crippen molar-refractivity contribution in [3.05, 3.63) is 41.0 Å². The first kappa shape index (κ1) is 12.9. The monoisotopic (exact) mass is 291 g/mol. The van der Waals surface area contributed by atoms with E-state index in [-0.39, 0.29) is 11.8 Å². The standard InChI is InChI=1S/C14H10ClNO4/c15-12-7-9(8-3-1-2-4-10(8)16-12)13(17)20-11-5-6-19-14(11)18/h1-4,7,11H,5-6H2/t11-/m1/s1. The van der Waals surface area contributed by atoms with Crippen LogP contribution in [-0.2, 0) is 14.3 Å². The lowest BCUT2D eigenvalue weighted by molar-refractivity contribution is -0.145. The van der Waals surface area contributed by atoms with Gasteiger partial charge in [0, 0.05) is 11.8 Å². The summed E-state index contributed by atoms with van der Waals surface area (Å²) in [5, 5.41) is 0.831. The van der Waals surface area contributed by atoms with Crippen molar-refractivity contribution in [3.8, 4) is 0 Å². The van der Waals surface area contributed by atoms with Crippen molar-refractivity contribution in [3.63, 3.8) is 0 Å². The lowest BCUT2D eigenvalue weighted by Crippen LogP contribution is -2.22. The zero-order chi connectivity index (χ0) is 14.1. The Hall–Kier alpha value is -2.14. The number of halogens is 1. The van der Waals surface area contributed by atoms with Gasteiger partial charge in [-0.25, -0.2) is 14.6 Å². The van der Waals surface area contributed by atoms with Gasteiger partial charge in [-0.05, 0) is 12.1 Å². The van der Waals surface area contributed by atoms with Crippen LogP contribution in [0.2, 0.25) is 5.15 Å².